The largest absolute Gasteiger partial charge is 0.253 e. The zero-order valence-corrected chi connectivity index (χ0v) is 13.5. The van der Waals surface area contributed by atoms with E-state index >= 15 is 0 Å². The highest BCUT2D eigenvalue weighted by atomic mass is 79.9. The molecule has 0 fully saturated rings. The van der Waals surface area contributed by atoms with Gasteiger partial charge in [0.15, 0.2) is 0 Å². The van der Waals surface area contributed by atoms with Crippen molar-refractivity contribution in [3.8, 4) is 0 Å². The molecule has 0 spiro atoms. The Bertz CT molecular complexity index is 676. The Morgan fingerprint density at radius 1 is 1.40 bits per heavy atom. The average molecular weight is 380 g/mol. The maximum atomic E-state index is 12.0. The van der Waals surface area contributed by atoms with E-state index in [1.807, 2.05) is 0 Å². The van der Waals surface area contributed by atoms with Crippen LogP contribution < -0.4 is 4.72 Å². The van der Waals surface area contributed by atoms with Crippen LogP contribution in [0.4, 0.5) is 0 Å². The Morgan fingerprint density at radius 2 is 2.20 bits per heavy atom. The van der Waals surface area contributed by atoms with E-state index in [4.69, 9.17) is 11.6 Å². The maximum Gasteiger partial charge on any atom is 0.240 e. The van der Waals surface area contributed by atoms with Crippen molar-refractivity contribution in [2.24, 2.45) is 0 Å². The fourth-order valence-corrected chi connectivity index (χ4v) is 3.27. The van der Waals surface area contributed by atoms with E-state index in [1.165, 1.54) is 18.2 Å². The molecule has 0 aliphatic heterocycles. The molecule has 9 heteroatoms. The molecule has 2 rings (SSSR count). The number of nitrogens with zero attached hydrogens (tertiary/aromatic N) is 3. The first-order valence-corrected chi connectivity index (χ1v) is 8.43. The van der Waals surface area contributed by atoms with Gasteiger partial charge in [0.05, 0.1) is 16.1 Å². The Balaban J connectivity index is 1.92. The van der Waals surface area contributed by atoms with Crippen molar-refractivity contribution >= 4 is 37.6 Å². The summed E-state index contributed by atoms with van der Waals surface area (Å²) in [7, 11) is -3.52. The van der Waals surface area contributed by atoms with Crippen molar-refractivity contribution in [3.63, 3.8) is 0 Å². The lowest BCUT2D eigenvalue weighted by molar-refractivity contribution is 0.542. The highest BCUT2D eigenvalue weighted by Crippen LogP contribution is 2.25. The third-order valence-electron chi connectivity index (χ3n) is 2.53. The lowest BCUT2D eigenvalue weighted by Crippen LogP contribution is -2.25. The van der Waals surface area contributed by atoms with Gasteiger partial charge in [-0.25, -0.2) is 13.1 Å². The predicted octanol–water partition coefficient (Wildman–Crippen LogP) is 2.06. The quantitative estimate of drug-likeness (QED) is 0.779. The normalized spacial score (nSPS) is 11.7. The molecule has 20 heavy (non-hydrogen) atoms. The van der Waals surface area contributed by atoms with Gasteiger partial charge < -0.3 is 0 Å². The van der Waals surface area contributed by atoms with Gasteiger partial charge in [0.25, 0.3) is 0 Å². The fourth-order valence-electron chi connectivity index (χ4n) is 1.53. The first-order chi connectivity index (χ1) is 9.49. The molecule has 0 aliphatic carbocycles. The van der Waals surface area contributed by atoms with Gasteiger partial charge in [-0.1, -0.05) is 16.8 Å². The van der Waals surface area contributed by atoms with Crippen LogP contribution in [-0.2, 0) is 16.6 Å². The van der Waals surface area contributed by atoms with E-state index < -0.39 is 10.0 Å². The lowest BCUT2D eigenvalue weighted by atomic mass is 10.4. The summed E-state index contributed by atoms with van der Waals surface area (Å²) < 4.78 is 28.8. The van der Waals surface area contributed by atoms with E-state index in [0.717, 1.165) is 0 Å². The number of hydrogen-bond acceptors (Lipinski definition) is 4. The molecule has 1 heterocycles. The van der Waals surface area contributed by atoms with Crippen LogP contribution >= 0.6 is 27.5 Å². The Labute approximate surface area is 130 Å². The van der Waals surface area contributed by atoms with Gasteiger partial charge in [-0.15, -0.1) is 5.10 Å². The molecule has 1 aromatic carbocycles. The molecule has 0 amide bonds. The molecule has 0 unspecified atom stereocenters. The van der Waals surface area contributed by atoms with Gasteiger partial charge in [-0.3, -0.25) is 4.68 Å². The highest BCUT2D eigenvalue weighted by Gasteiger charge is 2.14. The molecule has 0 aliphatic rings. The van der Waals surface area contributed by atoms with E-state index in [0.29, 0.717) is 29.0 Å². The van der Waals surface area contributed by atoms with Crippen molar-refractivity contribution in [1.29, 1.82) is 0 Å². The van der Waals surface area contributed by atoms with Gasteiger partial charge in [-0.05, 0) is 40.5 Å². The monoisotopic (exact) mass is 378 g/mol. The molecular weight excluding hydrogens is 368 g/mol. The smallest absolute Gasteiger partial charge is 0.240 e. The Hall–Kier alpha value is -0.960. The van der Waals surface area contributed by atoms with Gasteiger partial charge in [0.2, 0.25) is 10.0 Å². The van der Waals surface area contributed by atoms with Gasteiger partial charge in [0.1, 0.15) is 0 Å². The SMILES string of the molecule is O=S(=O)(NCCCn1ccnn1)c1ccc(Cl)c(Br)c1. The summed E-state index contributed by atoms with van der Waals surface area (Å²) in [4.78, 5) is 0.175. The van der Waals surface area contributed by atoms with Gasteiger partial charge in [0, 0.05) is 23.8 Å². The first-order valence-electron chi connectivity index (χ1n) is 5.78. The molecule has 6 nitrogen and oxygen atoms in total. The second-order valence-electron chi connectivity index (χ2n) is 3.99. The number of aryl methyl sites for hydroxylation is 1. The molecule has 0 atom stereocenters. The minimum atomic E-state index is -3.52. The van der Waals surface area contributed by atoms with Crippen LogP contribution in [0.25, 0.3) is 0 Å². The molecular formula is C11H12BrClN4O2S. The summed E-state index contributed by atoms with van der Waals surface area (Å²) >= 11 is 9.04. The van der Waals surface area contributed by atoms with Crippen LogP contribution in [0.15, 0.2) is 40.0 Å². The summed E-state index contributed by atoms with van der Waals surface area (Å²) in [6.45, 7) is 0.926. The number of nitrogens with one attached hydrogen (secondary N) is 1. The Kier molecular flexibility index (Phi) is 5.14. The summed E-state index contributed by atoms with van der Waals surface area (Å²) in [5, 5.41) is 7.94. The second kappa shape index (κ2) is 6.66. The molecule has 0 radical (unpaired) electrons. The number of hydrogen-bond donors (Lipinski definition) is 1. The van der Waals surface area contributed by atoms with Crippen molar-refractivity contribution < 1.29 is 8.42 Å². The van der Waals surface area contributed by atoms with E-state index in [9.17, 15) is 8.42 Å². The second-order valence-corrected chi connectivity index (χ2v) is 7.02. The van der Waals surface area contributed by atoms with Crippen molar-refractivity contribution in [1.82, 2.24) is 19.7 Å². The molecule has 2 aromatic rings. The van der Waals surface area contributed by atoms with Crippen LogP contribution in [-0.4, -0.2) is 30.0 Å². The number of sulfonamides is 1. The zero-order chi connectivity index (χ0) is 14.6. The summed E-state index contributed by atoms with van der Waals surface area (Å²) in [5.41, 5.74) is 0. The minimum Gasteiger partial charge on any atom is -0.253 e. The van der Waals surface area contributed by atoms with Crippen LogP contribution in [0.1, 0.15) is 6.42 Å². The fraction of sp³-hybridized carbons (Fsp3) is 0.273. The van der Waals surface area contributed by atoms with Crippen molar-refractivity contribution in [3.05, 3.63) is 40.1 Å². The standard InChI is InChI=1S/C11H12BrClN4O2S/c12-10-8-9(2-3-11(10)13)20(18,19)15-4-1-6-17-7-5-14-16-17/h2-3,5,7-8,15H,1,4,6H2. The average Bonchev–Trinajstić information content (AvgIpc) is 2.91. The van der Waals surface area contributed by atoms with Crippen molar-refractivity contribution in [2.45, 2.75) is 17.9 Å². The molecule has 1 N–H and O–H groups in total. The molecule has 0 bridgehead atoms. The number of aromatic nitrogens is 3. The van der Waals surface area contributed by atoms with Gasteiger partial charge in [-0.2, -0.15) is 0 Å². The number of benzene rings is 1. The summed E-state index contributed by atoms with van der Waals surface area (Å²) in [5.74, 6) is 0. The minimum absolute atomic E-state index is 0.175. The first kappa shape index (κ1) is 15.4. The molecule has 0 saturated heterocycles. The van der Waals surface area contributed by atoms with Crippen molar-refractivity contribution in [2.75, 3.05) is 6.54 Å². The van der Waals surface area contributed by atoms with E-state index in [-0.39, 0.29) is 4.90 Å². The maximum absolute atomic E-state index is 12.0. The van der Waals surface area contributed by atoms with E-state index in [2.05, 4.69) is 31.0 Å². The highest BCUT2D eigenvalue weighted by molar-refractivity contribution is 9.10. The summed E-state index contributed by atoms with van der Waals surface area (Å²) in [6, 6.07) is 4.48. The van der Waals surface area contributed by atoms with Crippen LogP contribution in [0.3, 0.4) is 0 Å². The van der Waals surface area contributed by atoms with Crippen LogP contribution in [0.5, 0.6) is 0 Å². The number of halogens is 2. The molecule has 0 saturated carbocycles. The lowest BCUT2D eigenvalue weighted by Gasteiger charge is -2.07. The third-order valence-corrected chi connectivity index (χ3v) is 5.20. The number of rotatable bonds is 6. The van der Waals surface area contributed by atoms with Crippen LogP contribution in [0, 0.1) is 0 Å². The van der Waals surface area contributed by atoms with E-state index in [1.54, 1.807) is 17.1 Å². The Morgan fingerprint density at radius 3 is 2.85 bits per heavy atom. The zero-order valence-electron chi connectivity index (χ0n) is 10.3. The molecule has 1 aromatic heterocycles. The van der Waals surface area contributed by atoms with Gasteiger partial charge >= 0.3 is 0 Å². The van der Waals surface area contributed by atoms with Crippen LogP contribution in [0.2, 0.25) is 5.02 Å². The summed E-state index contributed by atoms with van der Waals surface area (Å²) in [6.07, 6.45) is 3.93. The predicted molar refractivity (Wildman–Crippen MR) is 79.0 cm³/mol. The topological polar surface area (TPSA) is 76.9 Å². The third kappa shape index (κ3) is 4.02. The molecule has 108 valence electrons.